The Morgan fingerprint density at radius 3 is 2.62 bits per heavy atom. The van der Waals surface area contributed by atoms with E-state index in [2.05, 4.69) is 10.3 Å². The van der Waals surface area contributed by atoms with Crippen LogP contribution in [0.5, 0.6) is 0 Å². The smallest absolute Gasteiger partial charge is 0.416 e. The van der Waals surface area contributed by atoms with Gasteiger partial charge in [0.25, 0.3) is 5.91 Å². The average Bonchev–Trinajstić information content (AvgIpc) is 3.26. The van der Waals surface area contributed by atoms with Gasteiger partial charge in [-0.15, -0.1) is 0 Å². The molecule has 0 unspecified atom stereocenters. The van der Waals surface area contributed by atoms with Crippen LogP contribution in [0.4, 0.5) is 18.9 Å². The number of fused-ring (bicyclic) bond motifs is 1. The minimum atomic E-state index is -4.48. The van der Waals surface area contributed by atoms with Crippen LogP contribution in [-0.4, -0.2) is 10.9 Å². The number of alkyl halides is 3. The number of amides is 1. The maximum atomic E-state index is 12.9. The van der Waals surface area contributed by atoms with E-state index in [0.717, 1.165) is 17.5 Å². The summed E-state index contributed by atoms with van der Waals surface area (Å²) in [6.07, 6.45) is -1.66. The molecule has 0 spiro atoms. The van der Waals surface area contributed by atoms with Crippen molar-refractivity contribution in [2.24, 2.45) is 0 Å². The van der Waals surface area contributed by atoms with E-state index in [1.807, 2.05) is 18.2 Å². The molecule has 1 amide bonds. The fourth-order valence-electron chi connectivity index (χ4n) is 3.12. The molecule has 0 bridgehead atoms. The van der Waals surface area contributed by atoms with Gasteiger partial charge in [-0.25, -0.2) is 0 Å². The lowest BCUT2D eigenvalue weighted by atomic mass is 10.1. The molecule has 0 aliphatic rings. The summed E-state index contributed by atoms with van der Waals surface area (Å²) in [5, 5.41) is 12.9. The number of para-hydroxylation sites is 1. The molecule has 0 fully saturated rings. The Bertz CT molecular complexity index is 1380. The molecule has 0 radical (unpaired) electrons. The number of pyridine rings is 1. The van der Waals surface area contributed by atoms with Gasteiger partial charge in [0, 0.05) is 23.2 Å². The Hall–Kier alpha value is -4.38. The summed E-state index contributed by atoms with van der Waals surface area (Å²) in [4.78, 5) is 16.9. The maximum Gasteiger partial charge on any atom is 0.416 e. The Kier molecular flexibility index (Phi) is 5.48. The van der Waals surface area contributed by atoms with E-state index in [1.165, 1.54) is 30.3 Å². The van der Waals surface area contributed by atoms with E-state index in [-0.39, 0.29) is 22.7 Å². The number of halogens is 3. The fourth-order valence-corrected chi connectivity index (χ4v) is 3.12. The predicted octanol–water partition coefficient (Wildman–Crippen LogP) is 6.06. The third kappa shape index (κ3) is 4.37. The van der Waals surface area contributed by atoms with Crippen molar-refractivity contribution >= 4 is 28.6 Å². The van der Waals surface area contributed by atoms with Gasteiger partial charge < -0.3 is 9.73 Å². The number of furan rings is 1. The van der Waals surface area contributed by atoms with Crippen molar-refractivity contribution in [1.82, 2.24) is 4.98 Å². The molecule has 158 valence electrons. The lowest BCUT2D eigenvalue weighted by Gasteiger charge is -2.07. The highest BCUT2D eigenvalue weighted by Gasteiger charge is 2.30. The topological polar surface area (TPSA) is 78.9 Å². The van der Waals surface area contributed by atoms with Crippen LogP contribution in [0.3, 0.4) is 0 Å². The number of carbonyl (C=O) groups is 1. The largest absolute Gasteiger partial charge is 0.457 e. The Morgan fingerprint density at radius 2 is 1.84 bits per heavy atom. The highest BCUT2D eigenvalue weighted by Crippen LogP contribution is 2.33. The van der Waals surface area contributed by atoms with Gasteiger partial charge in [-0.1, -0.05) is 30.3 Å². The number of hydrogen-bond donors (Lipinski definition) is 1. The van der Waals surface area contributed by atoms with Gasteiger partial charge in [-0.05, 0) is 36.4 Å². The molecule has 0 atom stereocenters. The molecule has 2 heterocycles. The standard InChI is InChI=1S/C24H14F3N3O2/c25-24(26,27)18-7-1-5-16(12-18)21-10-9-19(32-21)13-17(14-28)23(31)30-20-8-2-4-15-6-3-11-29-22(15)20/h1-13H,(H,30,31). The van der Waals surface area contributed by atoms with Gasteiger partial charge in [-0.2, -0.15) is 18.4 Å². The van der Waals surface area contributed by atoms with Crippen LogP contribution in [0.15, 0.2) is 82.9 Å². The van der Waals surface area contributed by atoms with Crippen molar-refractivity contribution in [3.05, 3.63) is 89.8 Å². The summed E-state index contributed by atoms with van der Waals surface area (Å²) in [5.74, 6) is -0.332. The summed E-state index contributed by atoms with van der Waals surface area (Å²) in [6, 6.07) is 18.3. The number of benzene rings is 2. The van der Waals surface area contributed by atoms with Crippen molar-refractivity contribution in [2.45, 2.75) is 6.18 Å². The molecule has 4 rings (SSSR count). The first-order valence-corrected chi connectivity index (χ1v) is 9.39. The zero-order valence-electron chi connectivity index (χ0n) is 16.4. The van der Waals surface area contributed by atoms with Crippen LogP contribution >= 0.6 is 0 Å². The van der Waals surface area contributed by atoms with Crippen LogP contribution in [0.2, 0.25) is 0 Å². The van der Waals surface area contributed by atoms with Crippen LogP contribution in [0, 0.1) is 11.3 Å². The van der Waals surface area contributed by atoms with E-state index in [4.69, 9.17) is 4.42 Å². The monoisotopic (exact) mass is 433 g/mol. The average molecular weight is 433 g/mol. The fraction of sp³-hybridized carbons (Fsp3) is 0.0417. The molecule has 2 aromatic carbocycles. The SMILES string of the molecule is N#CC(=Cc1ccc(-c2cccc(C(F)(F)F)c2)o1)C(=O)Nc1cccc2cccnc12. The number of aromatic nitrogens is 1. The number of nitriles is 1. The van der Waals surface area contributed by atoms with E-state index in [0.29, 0.717) is 11.2 Å². The third-order valence-corrected chi connectivity index (χ3v) is 4.63. The van der Waals surface area contributed by atoms with Gasteiger partial charge in [0.2, 0.25) is 0 Å². The number of hydrogen-bond acceptors (Lipinski definition) is 4. The molecular weight excluding hydrogens is 419 g/mol. The number of nitrogens with one attached hydrogen (secondary N) is 1. The summed E-state index contributed by atoms with van der Waals surface area (Å²) in [5.41, 5.74) is 0.209. The van der Waals surface area contributed by atoms with Gasteiger partial charge in [0.1, 0.15) is 23.2 Å². The minimum Gasteiger partial charge on any atom is -0.457 e. The van der Waals surface area contributed by atoms with Crippen LogP contribution < -0.4 is 5.32 Å². The van der Waals surface area contributed by atoms with Crippen LogP contribution in [-0.2, 0) is 11.0 Å². The third-order valence-electron chi connectivity index (χ3n) is 4.63. The normalized spacial score (nSPS) is 11.9. The molecule has 0 saturated carbocycles. The Labute approximate surface area is 180 Å². The summed E-state index contributed by atoms with van der Waals surface area (Å²) < 4.78 is 44.4. The molecule has 1 N–H and O–H groups in total. The molecule has 2 aromatic heterocycles. The second kappa shape index (κ2) is 8.40. The Morgan fingerprint density at radius 1 is 1.06 bits per heavy atom. The van der Waals surface area contributed by atoms with E-state index in [1.54, 1.807) is 24.4 Å². The van der Waals surface area contributed by atoms with Crippen molar-refractivity contribution in [1.29, 1.82) is 5.26 Å². The van der Waals surface area contributed by atoms with Crippen molar-refractivity contribution in [3.63, 3.8) is 0 Å². The maximum absolute atomic E-state index is 12.9. The minimum absolute atomic E-state index is 0.153. The van der Waals surface area contributed by atoms with Crippen LogP contribution in [0.1, 0.15) is 11.3 Å². The second-order valence-electron chi connectivity index (χ2n) is 6.79. The molecule has 4 aromatic rings. The molecule has 32 heavy (non-hydrogen) atoms. The highest BCUT2D eigenvalue weighted by atomic mass is 19.4. The zero-order chi connectivity index (χ0) is 22.7. The predicted molar refractivity (Wildman–Crippen MR) is 113 cm³/mol. The number of nitrogens with zero attached hydrogens (tertiary/aromatic N) is 2. The Balaban J connectivity index is 1.59. The molecule has 8 heteroatoms. The summed E-state index contributed by atoms with van der Waals surface area (Å²) in [6.45, 7) is 0. The van der Waals surface area contributed by atoms with Crippen LogP contribution in [0.25, 0.3) is 28.3 Å². The summed E-state index contributed by atoms with van der Waals surface area (Å²) in [7, 11) is 0. The number of carbonyl (C=O) groups excluding carboxylic acids is 1. The van der Waals surface area contributed by atoms with E-state index in [9.17, 15) is 23.2 Å². The quantitative estimate of drug-likeness (QED) is 0.313. The summed E-state index contributed by atoms with van der Waals surface area (Å²) >= 11 is 0. The molecule has 0 aliphatic heterocycles. The number of rotatable bonds is 4. The van der Waals surface area contributed by atoms with Gasteiger partial charge in [0.05, 0.1) is 16.8 Å². The van der Waals surface area contributed by atoms with Crippen molar-refractivity contribution in [2.75, 3.05) is 5.32 Å². The highest BCUT2D eigenvalue weighted by molar-refractivity contribution is 6.12. The number of anilines is 1. The van der Waals surface area contributed by atoms with Gasteiger partial charge in [-0.3, -0.25) is 9.78 Å². The van der Waals surface area contributed by atoms with Crippen molar-refractivity contribution in [3.8, 4) is 17.4 Å². The molecular formula is C24H14F3N3O2. The second-order valence-corrected chi connectivity index (χ2v) is 6.79. The van der Waals surface area contributed by atoms with Gasteiger partial charge in [0.15, 0.2) is 0 Å². The lowest BCUT2D eigenvalue weighted by Crippen LogP contribution is -2.13. The van der Waals surface area contributed by atoms with E-state index < -0.39 is 17.6 Å². The van der Waals surface area contributed by atoms with E-state index >= 15 is 0 Å². The molecule has 5 nitrogen and oxygen atoms in total. The first-order chi connectivity index (χ1) is 15.3. The molecule has 0 aliphatic carbocycles. The van der Waals surface area contributed by atoms with Gasteiger partial charge >= 0.3 is 6.18 Å². The molecule has 0 saturated heterocycles. The van der Waals surface area contributed by atoms with Crippen molar-refractivity contribution < 1.29 is 22.4 Å². The first-order valence-electron chi connectivity index (χ1n) is 9.39. The first kappa shape index (κ1) is 20.9. The lowest BCUT2D eigenvalue weighted by molar-refractivity contribution is -0.137. The zero-order valence-corrected chi connectivity index (χ0v) is 16.4.